The minimum atomic E-state index is 0.451. The number of likely N-dealkylation sites (tertiary alicyclic amines) is 1. The highest BCUT2D eigenvalue weighted by Gasteiger charge is 2.20. The predicted molar refractivity (Wildman–Crippen MR) is 92.2 cm³/mol. The molecule has 2 aromatic heterocycles. The second-order valence-corrected chi connectivity index (χ2v) is 6.52. The summed E-state index contributed by atoms with van der Waals surface area (Å²) in [5.41, 5.74) is 2.38. The van der Waals surface area contributed by atoms with Crippen LogP contribution in [0.3, 0.4) is 0 Å². The number of allylic oxidation sites excluding steroid dienone is 1. The Bertz CT molecular complexity index is 579. The summed E-state index contributed by atoms with van der Waals surface area (Å²) >= 11 is 1.77. The summed E-state index contributed by atoms with van der Waals surface area (Å²) in [4.78, 5) is 11.4. The molecule has 1 aliphatic rings. The van der Waals surface area contributed by atoms with Gasteiger partial charge in [0, 0.05) is 25.6 Å². The number of nitrogens with one attached hydrogen (secondary N) is 1. The van der Waals surface area contributed by atoms with Crippen molar-refractivity contribution < 1.29 is 0 Å². The molecule has 1 saturated heterocycles. The highest BCUT2D eigenvalue weighted by Crippen LogP contribution is 2.17. The zero-order valence-electron chi connectivity index (χ0n) is 12.7. The van der Waals surface area contributed by atoms with E-state index in [2.05, 4.69) is 43.6 Å². The molecule has 116 valence electrons. The summed E-state index contributed by atoms with van der Waals surface area (Å²) in [6.07, 6.45) is 8.69. The zero-order chi connectivity index (χ0) is 15.2. The van der Waals surface area contributed by atoms with Crippen molar-refractivity contribution in [2.24, 2.45) is 0 Å². The number of aromatic nitrogens is 2. The topological polar surface area (TPSA) is 41.1 Å². The van der Waals surface area contributed by atoms with Gasteiger partial charge in [-0.2, -0.15) is 11.3 Å². The molecule has 4 nitrogen and oxygen atoms in total. The van der Waals surface area contributed by atoms with Gasteiger partial charge in [0.15, 0.2) is 0 Å². The van der Waals surface area contributed by atoms with Crippen molar-refractivity contribution in [1.29, 1.82) is 0 Å². The van der Waals surface area contributed by atoms with E-state index in [1.54, 1.807) is 11.3 Å². The molecule has 0 saturated carbocycles. The van der Waals surface area contributed by atoms with E-state index in [9.17, 15) is 0 Å². The van der Waals surface area contributed by atoms with Crippen LogP contribution in [-0.2, 0) is 13.0 Å². The Morgan fingerprint density at radius 1 is 1.41 bits per heavy atom. The Labute approximate surface area is 135 Å². The Hall–Kier alpha value is -1.72. The van der Waals surface area contributed by atoms with Gasteiger partial charge in [-0.05, 0) is 41.8 Å². The van der Waals surface area contributed by atoms with Crippen LogP contribution in [0.5, 0.6) is 0 Å². The average molecular weight is 314 g/mol. The van der Waals surface area contributed by atoms with Gasteiger partial charge in [-0.25, -0.2) is 4.98 Å². The third-order valence-electron chi connectivity index (χ3n) is 3.90. The van der Waals surface area contributed by atoms with E-state index in [1.165, 1.54) is 24.9 Å². The number of rotatable bonds is 6. The van der Waals surface area contributed by atoms with E-state index in [4.69, 9.17) is 0 Å². The fourth-order valence-electron chi connectivity index (χ4n) is 2.85. The van der Waals surface area contributed by atoms with Crippen molar-refractivity contribution in [3.8, 4) is 0 Å². The molecule has 0 bridgehead atoms. The fourth-order valence-corrected chi connectivity index (χ4v) is 3.51. The van der Waals surface area contributed by atoms with Crippen LogP contribution >= 0.6 is 11.3 Å². The Morgan fingerprint density at radius 3 is 3.09 bits per heavy atom. The minimum Gasteiger partial charge on any atom is -0.365 e. The lowest BCUT2D eigenvalue weighted by Crippen LogP contribution is -2.41. The van der Waals surface area contributed by atoms with Gasteiger partial charge in [0.2, 0.25) is 0 Å². The minimum absolute atomic E-state index is 0.451. The molecule has 1 N–H and O–H groups in total. The van der Waals surface area contributed by atoms with Gasteiger partial charge in [-0.1, -0.05) is 6.08 Å². The van der Waals surface area contributed by atoms with Crippen molar-refractivity contribution in [3.05, 3.63) is 53.1 Å². The number of piperidine rings is 1. The number of hydrogen-bond donors (Lipinski definition) is 1. The molecule has 2 aromatic rings. The molecule has 0 radical (unpaired) electrons. The molecule has 0 unspecified atom stereocenters. The maximum Gasteiger partial charge on any atom is 0.144 e. The molecule has 1 atom stereocenters. The van der Waals surface area contributed by atoms with Crippen molar-refractivity contribution >= 4 is 17.2 Å². The second kappa shape index (κ2) is 7.51. The maximum absolute atomic E-state index is 4.45. The van der Waals surface area contributed by atoms with Crippen molar-refractivity contribution in [3.63, 3.8) is 0 Å². The van der Waals surface area contributed by atoms with Gasteiger partial charge in [-0.15, -0.1) is 6.58 Å². The second-order valence-electron chi connectivity index (χ2n) is 5.74. The smallest absolute Gasteiger partial charge is 0.144 e. The van der Waals surface area contributed by atoms with Crippen LogP contribution in [0.15, 0.2) is 41.9 Å². The Kier molecular flexibility index (Phi) is 5.19. The molecular weight excluding hydrogens is 292 g/mol. The van der Waals surface area contributed by atoms with Gasteiger partial charge in [0.1, 0.15) is 5.82 Å². The van der Waals surface area contributed by atoms with Crippen LogP contribution < -0.4 is 5.32 Å². The standard InChI is InChI=1S/C17H22N4S/c1-2-4-15-9-19-17(10-18-15)20-16-5-3-7-21(12-16)11-14-6-8-22-13-14/h2,6,8-10,13,16H,1,3-5,7,11-12H2,(H,19,20)/t16-/m1/s1. The third-order valence-corrected chi connectivity index (χ3v) is 4.63. The Balaban J connectivity index is 1.54. The monoisotopic (exact) mass is 314 g/mol. The summed E-state index contributed by atoms with van der Waals surface area (Å²) in [6, 6.07) is 2.66. The van der Waals surface area contributed by atoms with E-state index in [1.807, 2.05) is 18.5 Å². The first-order chi connectivity index (χ1) is 10.8. The summed E-state index contributed by atoms with van der Waals surface area (Å²) < 4.78 is 0. The van der Waals surface area contributed by atoms with E-state index in [0.717, 1.165) is 31.0 Å². The highest BCUT2D eigenvalue weighted by atomic mass is 32.1. The predicted octanol–water partition coefficient (Wildman–Crippen LogP) is 3.34. The van der Waals surface area contributed by atoms with Gasteiger partial charge in [0.25, 0.3) is 0 Å². The zero-order valence-corrected chi connectivity index (χ0v) is 13.6. The molecule has 22 heavy (non-hydrogen) atoms. The lowest BCUT2D eigenvalue weighted by atomic mass is 10.1. The van der Waals surface area contributed by atoms with Gasteiger partial charge in [-0.3, -0.25) is 9.88 Å². The largest absolute Gasteiger partial charge is 0.365 e. The number of anilines is 1. The first-order valence-corrected chi connectivity index (χ1v) is 8.69. The summed E-state index contributed by atoms with van der Waals surface area (Å²) in [5.74, 6) is 0.871. The first-order valence-electron chi connectivity index (χ1n) is 7.75. The van der Waals surface area contributed by atoms with Gasteiger partial charge in [0.05, 0.1) is 18.1 Å². The van der Waals surface area contributed by atoms with Crippen molar-refractivity contribution in [1.82, 2.24) is 14.9 Å². The fraction of sp³-hybridized carbons (Fsp3) is 0.412. The lowest BCUT2D eigenvalue weighted by Gasteiger charge is -2.33. The highest BCUT2D eigenvalue weighted by molar-refractivity contribution is 7.07. The average Bonchev–Trinajstić information content (AvgIpc) is 3.03. The van der Waals surface area contributed by atoms with Gasteiger partial charge < -0.3 is 5.32 Å². The number of thiophene rings is 1. The Morgan fingerprint density at radius 2 is 2.36 bits per heavy atom. The normalized spacial score (nSPS) is 19.0. The lowest BCUT2D eigenvalue weighted by molar-refractivity contribution is 0.208. The van der Waals surface area contributed by atoms with Crippen LogP contribution in [0.1, 0.15) is 24.1 Å². The summed E-state index contributed by atoms with van der Waals surface area (Å²) in [5, 5.41) is 7.91. The van der Waals surface area contributed by atoms with Crippen LogP contribution in [0.4, 0.5) is 5.82 Å². The first kappa shape index (κ1) is 15.2. The molecule has 1 fully saturated rings. The number of nitrogens with zero attached hydrogens (tertiary/aromatic N) is 3. The van der Waals surface area contributed by atoms with Crippen LogP contribution in [0.2, 0.25) is 0 Å². The molecule has 1 aliphatic heterocycles. The SMILES string of the molecule is C=CCc1cnc(N[C@@H]2CCCN(Cc3ccsc3)C2)cn1. The van der Waals surface area contributed by atoms with E-state index >= 15 is 0 Å². The molecule has 0 aliphatic carbocycles. The third kappa shape index (κ3) is 4.15. The molecule has 3 heterocycles. The van der Waals surface area contributed by atoms with Crippen molar-refractivity contribution in [2.45, 2.75) is 31.8 Å². The molecular formula is C17H22N4S. The van der Waals surface area contributed by atoms with Crippen LogP contribution in [0, 0.1) is 0 Å². The summed E-state index contributed by atoms with van der Waals surface area (Å²) in [6.45, 7) is 7.01. The van der Waals surface area contributed by atoms with E-state index in [0.29, 0.717) is 6.04 Å². The molecule has 0 amide bonds. The maximum atomic E-state index is 4.45. The summed E-state index contributed by atoms with van der Waals surface area (Å²) in [7, 11) is 0. The molecule has 3 rings (SSSR count). The molecule has 0 spiro atoms. The van der Waals surface area contributed by atoms with Crippen molar-refractivity contribution in [2.75, 3.05) is 18.4 Å². The quantitative estimate of drug-likeness (QED) is 0.830. The van der Waals surface area contributed by atoms with Gasteiger partial charge >= 0.3 is 0 Å². The van der Waals surface area contributed by atoms with Crippen LogP contribution in [0.25, 0.3) is 0 Å². The van der Waals surface area contributed by atoms with E-state index < -0.39 is 0 Å². The van der Waals surface area contributed by atoms with E-state index in [-0.39, 0.29) is 0 Å². The molecule has 0 aromatic carbocycles. The molecule has 5 heteroatoms. The van der Waals surface area contributed by atoms with Crippen LogP contribution in [-0.4, -0.2) is 34.0 Å². The number of hydrogen-bond acceptors (Lipinski definition) is 5.